The Labute approximate surface area is 152 Å². The Kier molecular flexibility index (Phi) is 4.79. The summed E-state index contributed by atoms with van der Waals surface area (Å²) in [4.78, 5) is 3.84. The predicted molar refractivity (Wildman–Crippen MR) is 90.6 cm³/mol. The zero-order valence-corrected chi connectivity index (χ0v) is 14.9. The maximum Gasteiger partial charge on any atom is 0.267 e. The van der Waals surface area contributed by atoms with E-state index < -0.39 is 27.5 Å². The number of nitrogens with zero attached hydrogens (tertiary/aromatic N) is 2. The summed E-state index contributed by atoms with van der Waals surface area (Å²) in [5, 5.41) is 6.07. The minimum absolute atomic E-state index is 0.0754. The number of sulfonamides is 1. The summed E-state index contributed by atoms with van der Waals surface area (Å²) < 4.78 is 71.9. The molecule has 2 N–H and O–H groups in total. The molecule has 0 unspecified atom stereocenters. The van der Waals surface area contributed by atoms with E-state index >= 15 is 0 Å². The van der Waals surface area contributed by atoms with Crippen LogP contribution in [0.2, 0.25) is 0 Å². The topological polar surface area (TPSA) is 97.1 Å². The van der Waals surface area contributed by atoms with Gasteiger partial charge in [-0.3, -0.25) is 4.72 Å². The molecule has 0 saturated carbocycles. The van der Waals surface area contributed by atoms with Crippen LogP contribution in [0, 0.1) is 31.3 Å². The van der Waals surface area contributed by atoms with Crippen LogP contribution in [0.1, 0.15) is 11.5 Å². The van der Waals surface area contributed by atoms with Crippen molar-refractivity contribution in [3.8, 4) is 0 Å². The second-order valence-corrected chi connectivity index (χ2v) is 7.16. The average molecular weight is 398 g/mol. The molecule has 0 atom stereocenters. The van der Waals surface area contributed by atoms with Crippen molar-refractivity contribution in [3.63, 3.8) is 0 Å². The minimum atomic E-state index is -3.94. The van der Waals surface area contributed by atoms with Crippen molar-refractivity contribution in [2.24, 2.45) is 0 Å². The van der Waals surface area contributed by atoms with Crippen LogP contribution in [0.5, 0.6) is 0 Å². The largest absolute Gasteiger partial charge is 0.360 e. The molecule has 27 heavy (non-hydrogen) atoms. The van der Waals surface area contributed by atoms with Crippen LogP contribution >= 0.6 is 0 Å². The van der Waals surface area contributed by atoms with Crippen molar-refractivity contribution < 1.29 is 26.1 Å². The first-order valence-corrected chi connectivity index (χ1v) is 8.99. The number of benzene rings is 1. The first-order chi connectivity index (χ1) is 12.7. The molecule has 3 rings (SSSR count). The van der Waals surface area contributed by atoms with Crippen molar-refractivity contribution in [3.05, 3.63) is 59.4 Å². The second-order valence-electron chi connectivity index (χ2n) is 5.54. The van der Waals surface area contributed by atoms with Gasteiger partial charge in [-0.1, -0.05) is 5.16 Å². The predicted octanol–water partition coefficient (Wildman–Crippen LogP) is 3.65. The Morgan fingerprint density at radius 1 is 1.04 bits per heavy atom. The van der Waals surface area contributed by atoms with E-state index in [1.807, 2.05) is 0 Å². The molecule has 2 heterocycles. The molecule has 0 bridgehead atoms. The summed E-state index contributed by atoms with van der Waals surface area (Å²) in [6.07, 6.45) is 1.18. The Morgan fingerprint density at radius 3 is 2.37 bits per heavy atom. The van der Waals surface area contributed by atoms with Crippen molar-refractivity contribution >= 4 is 27.2 Å². The van der Waals surface area contributed by atoms with Gasteiger partial charge in [-0.25, -0.2) is 26.6 Å². The molecular formula is C16H13F3N4O3S. The van der Waals surface area contributed by atoms with E-state index in [-0.39, 0.29) is 33.5 Å². The summed E-state index contributed by atoms with van der Waals surface area (Å²) in [6.45, 7) is 2.96. The monoisotopic (exact) mass is 398 g/mol. The maximum atomic E-state index is 13.7. The molecule has 0 saturated heterocycles. The van der Waals surface area contributed by atoms with E-state index in [1.54, 1.807) is 0 Å². The molecular weight excluding hydrogens is 385 g/mol. The molecule has 0 fully saturated rings. The molecule has 0 amide bonds. The number of pyridine rings is 1. The van der Waals surface area contributed by atoms with Crippen molar-refractivity contribution in [1.82, 2.24) is 10.1 Å². The van der Waals surface area contributed by atoms with Gasteiger partial charge >= 0.3 is 0 Å². The van der Waals surface area contributed by atoms with Gasteiger partial charge in [-0.2, -0.15) is 0 Å². The molecule has 142 valence electrons. The molecule has 0 radical (unpaired) electrons. The Bertz CT molecular complexity index is 1080. The number of hydrogen-bond acceptors (Lipinski definition) is 6. The van der Waals surface area contributed by atoms with Gasteiger partial charge in [-0.05, 0) is 38.1 Å². The number of halogens is 3. The number of aromatic nitrogens is 2. The number of aryl methyl sites for hydroxylation is 2. The smallest absolute Gasteiger partial charge is 0.267 e. The summed E-state index contributed by atoms with van der Waals surface area (Å²) in [6, 6.07) is 4.49. The van der Waals surface area contributed by atoms with Gasteiger partial charge in [0.05, 0.1) is 17.6 Å². The molecule has 0 aliphatic heterocycles. The summed E-state index contributed by atoms with van der Waals surface area (Å²) in [7, 11) is -3.94. The van der Waals surface area contributed by atoms with Gasteiger partial charge < -0.3 is 9.84 Å². The SMILES string of the molecule is Cc1noc(C)c1S(=O)(=O)Nc1ccc(Nc2ccc(F)c(F)c2F)nc1. The Hall–Kier alpha value is -3.08. The van der Waals surface area contributed by atoms with Gasteiger partial charge in [0.15, 0.2) is 28.1 Å². The molecule has 0 aliphatic carbocycles. The molecule has 0 spiro atoms. The lowest BCUT2D eigenvalue weighted by molar-refractivity contribution is 0.390. The van der Waals surface area contributed by atoms with Crippen molar-refractivity contribution in [2.75, 3.05) is 10.0 Å². The average Bonchev–Trinajstić information content (AvgIpc) is 2.96. The Morgan fingerprint density at radius 2 is 1.78 bits per heavy atom. The fourth-order valence-electron chi connectivity index (χ4n) is 2.35. The van der Waals surface area contributed by atoms with E-state index in [0.717, 1.165) is 12.1 Å². The fraction of sp³-hybridized carbons (Fsp3) is 0.125. The molecule has 2 aromatic heterocycles. The number of nitrogens with one attached hydrogen (secondary N) is 2. The highest BCUT2D eigenvalue weighted by Crippen LogP contribution is 2.25. The van der Waals surface area contributed by atoms with E-state index in [1.165, 1.54) is 32.2 Å². The molecule has 3 aromatic rings. The highest BCUT2D eigenvalue weighted by molar-refractivity contribution is 7.92. The zero-order chi connectivity index (χ0) is 19.8. The first-order valence-electron chi connectivity index (χ1n) is 7.51. The summed E-state index contributed by atoms with van der Waals surface area (Å²) >= 11 is 0. The minimum Gasteiger partial charge on any atom is -0.360 e. The van der Waals surface area contributed by atoms with E-state index in [9.17, 15) is 21.6 Å². The number of rotatable bonds is 5. The van der Waals surface area contributed by atoms with Gasteiger partial charge in [-0.15, -0.1) is 0 Å². The molecule has 0 aliphatic rings. The van der Waals surface area contributed by atoms with Crippen LogP contribution in [0.25, 0.3) is 0 Å². The van der Waals surface area contributed by atoms with Gasteiger partial charge in [0.1, 0.15) is 11.5 Å². The second kappa shape index (κ2) is 6.91. The lowest BCUT2D eigenvalue weighted by atomic mass is 10.2. The standard InChI is InChI=1S/C16H13F3N4O3S/c1-8-16(9(2)26-22-8)27(24,25)23-10-3-6-13(20-7-10)21-12-5-4-11(17)14(18)15(12)19/h3-7,23H,1-2H3,(H,20,21). The third-order valence-corrected chi connectivity index (χ3v) is 5.17. The van der Waals surface area contributed by atoms with E-state index in [0.29, 0.717) is 0 Å². The van der Waals surface area contributed by atoms with Gasteiger partial charge in [0.25, 0.3) is 10.0 Å². The Balaban J connectivity index is 1.79. The fourth-order valence-corrected chi connectivity index (χ4v) is 3.73. The van der Waals surface area contributed by atoms with Crippen LogP contribution in [-0.4, -0.2) is 18.6 Å². The number of hydrogen-bond donors (Lipinski definition) is 2. The maximum absolute atomic E-state index is 13.7. The van der Waals surface area contributed by atoms with Crippen LogP contribution in [0.3, 0.4) is 0 Å². The quantitative estimate of drug-likeness (QED) is 0.637. The molecule has 1 aromatic carbocycles. The highest BCUT2D eigenvalue weighted by Gasteiger charge is 2.24. The lowest BCUT2D eigenvalue weighted by Gasteiger charge is -2.10. The first kappa shape index (κ1) is 18.7. The number of anilines is 3. The summed E-state index contributed by atoms with van der Waals surface area (Å²) in [5.74, 6) is -4.07. The van der Waals surface area contributed by atoms with E-state index in [2.05, 4.69) is 20.2 Å². The third kappa shape index (κ3) is 3.72. The van der Waals surface area contributed by atoms with Gasteiger partial charge in [0.2, 0.25) is 0 Å². The van der Waals surface area contributed by atoms with Crippen molar-refractivity contribution in [2.45, 2.75) is 18.7 Å². The normalized spacial score (nSPS) is 11.4. The van der Waals surface area contributed by atoms with Crippen LogP contribution in [0.4, 0.5) is 30.4 Å². The summed E-state index contributed by atoms with van der Waals surface area (Å²) in [5.41, 5.74) is 0.0248. The zero-order valence-electron chi connectivity index (χ0n) is 14.0. The highest BCUT2D eigenvalue weighted by atomic mass is 32.2. The van der Waals surface area contributed by atoms with Crippen molar-refractivity contribution in [1.29, 1.82) is 0 Å². The van der Waals surface area contributed by atoms with E-state index in [4.69, 9.17) is 4.52 Å². The van der Waals surface area contributed by atoms with Crippen LogP contribution in [0.15, 0.2) is 39.9 Å². The van der Waals surface area contributed by atoms with Crippen LogP contribution < -0.4 is 10.0 Å². The lowest BCUT2D eigenvalue weighted by Crippen LogP contribution is -2.14. The molecule has 11 heteroatoms. The van der Waals surface area contributed by atoms with Crippen LogP contribution in [-0.2, 0) is 10.0 Å². The third-order valence-electron chi connectivity index (χ3n) is 3.55. The molecule has 7 nitrogen and oxygen atoms in total. The van der Waals surface area contributed by atoms with Gasteiger partial charge in [0, 0.05) is 0 Å².